The predicted octanol–water partition coefficient (Wildman–Crippen LogP) is 3.09. The van der Waals surface area contributed by atoms with Gasteiger partial charge in [-0.2, -0.15) is 4.98 Å². The maximum absolute atomic E-state index is 13.2. The van der Waals surface area contributed by atoms with Crippen molar-refractivity contribution in [3.63, 3.8) is 0 Å². The summed E-state index contributed by atoms with van der Waals surface area (Å²) in [7, 11) is 0. The minimum Gasteiger partial charge on any atom is -0.340 e. The number of hydrogen-bond acceptors (Lipinski definition) is 4. The van der Waals surface area contributed by atoms with Crippen LogP contribution in [0.4, 0.5) is 0 Å². The van der Waals surface area contributed by atoms with Crippen molar-refractivity contribution in [2.24, 2.45) is 23.2 Å². The van der Waals surface area contributed by atoms with Crippen LogP contribution in [0.5, 0.6) is 0 Å². The van der Waals surface area contributed by atoms with Gasteiger partial charge in [0.05, 0.1) is 11.3 Å². The topological polar surface area (TPSA) is 59.2 Å². The van der Waals surface area contributed by atoms with E-state index in [2.05, 4.69) is 15.0 Å². The first-order valence-electron chi connectivity index (χ1n) is 9.81. The van der Waals surface area contributed by atoms with Gasteiger partial charge in [-0.1, -0.05) is 5.16 Å². The third-order valence-corrected chi connectivity index (χ3v) is 7.41. The molecule has 128 valence electrons. The molecule has 0 radical (unpaired) electrons. The van der Waals surface area contributed by atoms with Crippen LogP contribution in [0.15, 0.2) is 4.52 Å². The second-order valence-electron chi connectivity index (χ2n) is 9.37. The number of carbonyl (C=O) groups excluding carboxylic acids is 1. The summed E-state index contributed by atoms with van der Waals surface area (Å²) in [6.45, 7) is 1.57. The van der Waals surface area contributed by atoms with Gasteiger partial charge in [0.2, 0.25) is 11.8 Å². The molecule has 0 unspecified atom stereocenters. The molecule has 1 amide bonds. The van der Waals surface area contributed by atoms with Crippen LogP contribution in [0.2, 0.25) is 0 Å². The molecular weight excluding hydrogens is 302 g/mol. The Labute approximate surface area is 142 Å². The summed E-state index contributed by atoms with van der Waals surface area (Å²) in [6, 6.07) is 0. The Balaban J connectivity index is 1.15. The van der Waals surface area contributed by atoms with Crippen molar-refractivity contribution >= 4 is 5.91 Å². The normalized spacial score (nSPS) is 40.8. The van der Waals surface area contributed by atoms with E-state index in [0.29, 0.717) is 11.8 Å². The van der Waals surface area contributed by atoms with E-state index < -0.39 is 0 Å². The first-order chi connectivity index (χ1) is 11.7. The van der Waals surface area contributed by atoms with Gasteiger partial charge < -0.3 is 9.42 Å². The van der Waals surface area contributed by atoms with Crippen molar-refractivity contribution in [1.82, 2.24) is 15.0 Å². The second-order valence-corrected chi connectivity index (χ2v) is 9.37. The van der Waals surface area contributed by atoms with E-state index in [1.54, 1.807) is 0 Å². The molecule has 5 saturated carbocycles. The van der Waals surface area contributed by atoms with Gasteiger partial charge in [0.1, 0.15) is 0 Å². The van der Waals surface area contributed by atoms with Crippen LogP contribution in [0.3, 0.4) is 0 Å². The third-order valence-electron chi connectivity index (χ3n) is 7.41. The van der Waals surface area contributed by atoms with Gasteiger partial charge in [-0.25, -0.2) is 0 Å². The van der Waals surface area contributed by atoms with Crippen LogP contribution in [0, 0.1) is 23.2 Å². The maximum Gasteiger partial charge on any atom is 0.233 e. The lowest BCUT2D eigenvalue weighted by molar-refractivity contribution is -0.162. The summed E-state index contributed by atoms with van der Waals surface area (Å²) in [5.41, 5.74) is -0.00621. The van der Waals surface area contributed by atoms with Gasteiger partial charge in [-0.05, 0) is 69.1 Å². The quantitative estimate of drug-likeness (QED) is 0.856. The lowest BCUT2D eigenvalue weighted by Crippen LogP contribution is -2.59. The fraction of sp³-hybridized carbons (Fsp3) is 0.842. The van der Waals surface area contributed by atoms with Crippen molar-refractivity contribution in [2.75, 3.05) is 13.1 Å². The summed E-state index contributed by atoms with van der Waals surface area (Å²) in [5, 5.41) is 4.12. The smallest absolute Gasteiger partial charge is 0.233 e. The molecule has 0 spiro atoms. The average molecular weight is 327 g/mol. The van der Waals surface area contributed by atoms with Gasteiger partial charge >= 0.3 is 0 Å². The second kappa shape index (κ2) is 4.61. The average Bonchev–Trinajstić information content (AvgIpc) is 3.24. The van der Waals surface area contributed by atoms with Crippen LogP contribution in [-0.4, -0.2) is 34.0 Å². The first kappa shape index (κ1) is 13.9. The van der Waals surface area contributed by atoms with Crippen LogP contribution in [0.1, 0.15) is 74.9 Å². The molecule has 24 heavy (non-hydrogen) atoms. The minimum absolute atomic E-state index is 0.00621. The zero-order valence-corrected chi connectivity index (χ0v) is 14.1. The number of amides is 1. The van der Waals surface area contributed by atoms with Crippen LogP contribution in [-0.2, 0) is 4.79 Å². The van der Waals surface area contributed by atoms with E-state index in [1.165, 1.54) is 32.1 Å². The van der Waals surface area contributed by atoms with Crippen LogP contribution >= 0.6 is 0 Å². The first-order valence-corrected chi connectivity index (χ1v) is 9.81. The molecule has 1 saturated heterocycles. The zero-order valence-electron chi connectivity index (χ0n) is 14.1. The Morgan fingerprint density at radius 1 is 1.00 bits per heavy atom. The molecule has 6 aliphatic rings. The van der Waals surface area contributed by atoms with Crippen molar-refractivity contribution in [3.8, 4) is 0 Å². The molecule has 1 aromatic heterocycles. The minimum atomic E-state index is -0.00621. The summed E-state index contributed by atoms with van der Waals surface area (Å²) in [6.07, 6.45) is 10.0. The van der Waals surface area contributed by atoms with Gasteiger partial charge in [-0.3, -0.25) is 4.79 Å². The zero-order chi connectivity index (χ0) is 15.9. The lowest BCUT2D eigenvalue weighted by atomic mass is 9.49. The van der Waals surface area contributed by atoms with Crippen molar-refractivity contribution < 1.29 is 9.32 Å². The Bertz CT molecular complexity index is 651. The number of rotatable bonds is 3. The summed E-state index contributed by atoms with van der Waals surface area (Å²) in [5.74, 6) is 5.37. The number of carbonyl (C=O) groups is 1. The van der Waals surface area contributed by atoms with Gasteiger partial charge in [0.15, 0.2) is 5.82 Å². The fourth-order valence-corrected chi connectivity index (χ4v) is 6.43. The molecule has 5 aliphatic carbocycles. The number of nitrogens with zero attached hydrogens (tertiary/aromatic N) is 3. The summed E-state index contributed by atoms with van der Waals surface area (Å²) in [4.78, 5) is 19.9. The summed E-state index contributed by atoms with van der Waals surface area (Å²) >= 11 is 0. The molecule has 5 nitrogen and oxygen atoms in total. The van der Waals surface area contributed by atoms with E-state index >= 15 is 0 Å². The molecule has 6 fully saturated rings. The molecule has 1 aliphatic heterocycles. The van der Waals surface area contributed by atoms with Crippen molar-refractivity contribution in [2.45, 2.75) is 63.2 Å². The van der Waals surface area contributed by atoms with Crippen LogP contribution in [0.25, 0.3) is 0 Å². The molecule has 2 heterocycles. The standard InChI is InChI=1S/C19H25N3O2/c23-18(19-6-11-3-12(7-19)5-13(4-11)8-19)22-9-15(10-22)17-20-16(21-24-17)14-1-2-14/h11-15H,1-10H2. The van der Waals surface area contributed by atoms with Crippen molar-refractivity contribution in [1.29, 1.82) is 0 Å². The summed E-state index contributed by atoms with van der Waals surface area (Å²) < 4.78 is 5.45. The molecule has 7 rings (SSSR count). The van der Waals surface area contributed by atoms with Crippen molar-refractivity contribution in [3.05, 3.63) is 11.7 Å². The van der Waals surface area contributed by atoms with Crippen LogP contribution < -0.4 is 0 Å². The largest absolute Gasteiger partial charge is 0.340 e. The predicted molar refractivity (Wildman–Crippen MR) is 86.2 cm³/mol. The highest BCUT2D eigenvalue weighted by Gasteiger charge is 2.56. The Hall–Kier alpha value is -1.39. The Kier molecular flexibility index (Phi) is 2.66. The molecule has 4 bridgehead atoms. The van der Waals surface area contributed by atoms with E-state index in [-0.39, 0.29) is 11.3 Å². The third kappa shape index (κ3) is 1.96. The maximum atomic E-state index is 13.2. The monoisotopic (exact) mass is 327 g/mol. The fourth-order valence-electron chi connectivity index (χ4n) is 6.43. The lowest BCUT2D eigenvalue weighted by Gasteiger charge is -2.57. The molecule has 0 N–H and O–H groups in total. The molecule has 0 atom stereocenters. The van der Waals surface area contributed by atoms with E-state index in [0.717, 1.165) is 61.8 Å². The van der Waals surface area contributed by atoms with E-state index in [1.807, 2.05) is 0 Å². The highest BCUT2D eigenvalue weighted by Crippen LogP contribution is 2.61. The highest BCUT2D eigenvalue weighted by atomic mass is 16.5. The SMILES string of the molecule is O=C(N1CC(c2nc(C3CC3)no2)C1)C12CC3CC(CC(C3)C1)C2. The molecule has 0 aromatic carbocycles. The van der Waals surface area contributed by atoms with E-state index in [4.69, 9.17) is 4.52 Å². The number of hydrogen-bond donors (Lipinski definition) is 0. The number of likely N-dealkylation sites (tertiary alicyclic amines) is 1. The number of aromatic nitrogens is 2. The van der Waals surface area contributed by atoms with Gasteiger partial charge in [0, 0.05) is 19.0 Å². The molecular formula is C19H25N3O2. The van der Waals surface area contributed by atoms with Gasteiger partial charge in [0.25, 0.3) is 0 Å². The Morgan fingerprint density at radius 2 is 1.62 bits per heavy atom. The molecule has 5 heteroatoms. The Morgan fingerprint density at radius 3 is 2.21 bits per heavy atom. The highest BCUT2D eigenvalue weighted by molar-refractivity contribution is 5.84. The van der Waals surface area contributed by atoms with Gasteiger partial charge in [-0.15, -0.1) is 0 Å². The molecule has 1 aromatic rings. The van der Waals surface area contributed by atoms with E-state index in [9.17, 15) is 4.79 Å².